The summed E-state index contributed by atoms with van der Waals surface area (Å²) in [6, 6.07) is 8.73. The van der Waals surface area contributed by atoms with Crippen LogP contribution in [0.4, 0.5) is 4.39 Å². The largest absolute Gasteiger partial charge is 0.379 e. The van der Waals surface area contributed by atoms with E-state index in [9.17, 15) is 9.65 Å². The van der Waals surface area contributed by atoms with Crippen molar-refractivity contribution < 1.29 is 9.13 Å². The number of H-pyrrole nitrogens is 1. The van der Waals surface area contributed by atoms with Gasteiger partial charge in [-0.05, 0) is 12.1 Å². The van der Waals surface area contributed by atoms with Crippen LogP contribution < -0.4 is 0 Å². The highest BCUT2D eigenvalue weighted by Gasteiger charge is 2.21. The number of aromatic amines is 1. The highest BCUT2D eigenvalue weighted by atomic mass is 79.9. The summed E-state index contributed by atoms with van der Waals surface area (Å²) in [4.78, 5) is 0. The van der Waals surface area contributed by atoms with Gasteiger partial charge in [-0.25, -0.2) is 4.39 Å². The van der Waals surface area contributed by atoms with Gasteiger partial charge in [0.25, 0.3) is 0 Å². The second-order valence-corrected chi connectivity index (χ2v) is 5.69. The number of ether oxygens (including phenoxy) is 1. The van der Waals surface area contributed by atoms with E-state index in [0.717, 1.165) is 5.33 Å². The summed E-state index contributed by atoms with van der Waals surface area (Å²) < 4.78 is 21.7. The van der Waals surface area contributed by atoms with Crippen LogP contribution in [0.15, 0.2) is 30.5 Å². The Labute approximate surface area is 140 Å². The Morgan fingerprint density at radius 3 is 2.91 bits per heavy atom. The van der Waals surface area contributed by atoms with E-state index in [-0.39, 0.29) is 5.82 Å². The number of nitrogens with zero attached hydrogens (tertiary/aromatic N) is 3. The van der Waals surface area contributed by atoms with Crippen molar-refractivity contribution in [2.24, 2.45) is 0 Å². The van der Waals surface area contributed by atoms with E-state index in [1.165, 1.54) is 6.07 Å². The Morgan fingerprint density at radius 1 is 1.35 bits per heavy atom. The number of rotatable bonds is 6. The maximum Gasteiger partial charge on any atom is 0.147 e. The normalized spacial score (nSPS) is 11.0. The molecule has 0 unspecified atom stereocenters. The van der Waals surface area contributed by atoms with Gasteiger partial charge < -0.3 is 9.30 Å². The predicted molar refractivity (Wildman–Crippen MR) is 88.8 cm³/mol. The highest BCUT2D eigenvalue weighted by Crippen LogP contribution is 2.33. The first-order chi connectivity index (χ1) is 11.3. The van der Waals surface area contributed by atoms with Crippen LogP contribution in [0.2, 0.25) is 0 Å². The van der Waals surface area contributed by atoms with E-state index in [1.807, 2.05) is 0 Å². The summed E-state index contributed by atoms with van der Waals surface area (Å²) in [7, 11) is 0. The molecule has 0 fully saturated rings. The van der Waals surface area contributed by atoms with Gasteiger partial charge in [0.1, 0.15) is 11.9 Å². The van der Waals surface area contributed by atoms with Gasteiger partial charge in [-0.1, -0.05) is 28.1 Å². The zero-order chi connectivity index (χ0) is 16.2. The lowest BCUT2D eigenvalue weighted by Gasteiger charge is -2.10. The smallest absolute Gasteiger partial charge is 0.147 e. The van der Waals surface area contributed by atoms with Crippen LogP contribution in [-0.2, 0) is 11.3 Å². The summed E-state index contributed by atoms with van der Waals surface area (Å²) in [5.41, 5.74) is 2.16. The van der Waals surface area contributed by atoms with Crippen molar-refractivity contribution in [2.45, 2.75) is 6.54 Å². The van der Waals surface area contributed by atoms with Crippen LogP contribution >= 0.6 is 15.9 Å². The number of alkyl halides is 1. The molecule has 0 aliphatic carbocycles. The maximum absolute atomic E-state index is 14.4. The summed E-state index contributed by atoms with van der Waals surface area (Å²) in [6.07, 6.45) is 1.61. The van der Waals surface area contributed by atoms with E-state index in [1.54, 1.807) is 29.0 Å². The molecule has 118 valence electrons. The van der Waals surface area contributed by atoms with Gasteiger partial charge in [0.15, 0.2) is 0 Å². The van der Waals surface area contributed by atoms with Crippen molar-refractivity contribution in [3.63, 3.8) is 0 Å². The average Bonchev–Trinajstić information content (AvgIpc) is 3.17. The van der Waals surface area contributed by atoms with Crippen molar-refractivity contribution >= 4 is 26.8 Å². The van der Waals surface area contributed by atoms with Crippen LogP contribution in [0.5, 0.6) is 0 Å². The summed E-state index contributed by atoms with van der Waals surface area (Å²) in [5.74, 6) is -0.356. The van der Waals surface area contributed by atoms with Gasteiger partial charge in [-0.2, -0.15) is 10.4 Å². The second kappa shape index (κ2) is 6.94. The Balaban J connectivity index is 2.18. The van der Waals surface area contributed by atoms with Gasteiger partial charge in [-0.15, -0.1) is 0 Å². The van der Waals surface area contributed by atoms with Gasteiger partial charge in [-0.3, -0.25) is 5.10 Å². The molecule has 0 aliphatic heterocycles. The fourth-order valence-corrected chi connectivity index (χ4v) is 2.91. The molecule has 1 N–H and O–H groups in total. The molecule has 0 saturated carbocycles. The quantitative estimate of drug-likeness (QED) is 0.529. The Morgan fingerprint density at radius 2 is 2.22 bits per heavy atom. The van der Waals surface area contributed by atoms with E-state index < -0.39 is 0 Å². The molecule has 0 atom stereocenters. The van der Waals surface area contributed by atoms with Crippen LogP contribution in [0.25, 0.3) is 22.3 Å². The number of nitrogens with one attached hydrogen (secondary N) is 1. The SMILES string of the molecule is N#Cc1c(-c2ccn[nH]2)n(CCOCCBr)c2c(F)cccc12. The van der Waals surface area contributed by atoms with Crippen molar-refractivity contribution in [3.05, 3.63) is 41.8 Å². The first kappa shape index (κ1) is 15.7. The molecular formula is C16H14BrFN4O. The highest BCUT2D eigenvalue weighted by molar-refractivity contribution is 9.09. The second-order valence-electron chi connectivity index (χ2n) is 4.89. The number of fused-ring (bicyclic) bond motifs is 1. The van der Waals surface area contributed by atoms with E-state index >= 15 is 0 Å². The first-order valence-corrected chi connectivity index (χ1v) is 8.24. The Hall–Kier alpha value is -2.17. The van der Waals surface area contributed by atoms with Gasteiger partial charge in [0, 0.05) is 23.5 Å². The van der Waals surface area contributed by atoms with Crippen molar-refractivity contribution in [3.8, 4) is 17.5 Å². The fourth-order valence-electron chi connectivity index (χ4n) is 2.68. The topological polar surface area (TPSA) is 66.6 Å². The third-order valence-corrected chi connectivity index (χ3v) is 3.90. The minimum absolute atomic E-state index is 0.356. The number of benzene rings is 1. The number of nitriles is 1. The first-order valence-electron chi connectivity index (χ1n) is 7.12. The summed E-state index contributed by atoms with van der Waals surface area (Å²) >= 11 is 3.30. The molecule has 5 nitrogen and oxygen atoms in total. The molecule has 7 heteroatoms. The zero-order valence-corrected chi connectivity index (χ0v) is 13.8. The molecule has 0 aliphatic rings. The minimum Gasteiger partial charge on any atom is -0.379 e. The van der Waals surface area contributed by atoms with Gasteiger partial charge in [0.05, 0.1) is 35.7 Å². The Bertz CT molecular complexity index is 851. The number of aromatic nitrogens is 3. The molecule has 3 aromatic rings. The van der Waals surface area contributed by atoms with Crippen LogP contribution in [-0.4, -0.2) is 33.3 Å². The molecule has 2 heterocycles. The van der Waals surface area contributed by atoms with Gasteiger partial charge >= 0.3 is 0 Å². The van der Waals surface area contributed by atoms with Gasteiger partial charge in [0.2, 0.25) is 0 Å². The molecule has 2 aromatic heterocycles. The Kier molecular flexibility index (Phi) is 4.74. The molecule has 0 saturated heterocycles. The van der Waals surface area contributed by atoms with E-state index in [4.69, 9.17) is 4.74 Å². The van der Waals surface area contributed by atoms with Crippen LogP contribution in [0, 0.1) is 17.1 Å². The molecular weight excluding hydrogens is 363 g/mol. The monoisotopic (exact) mass is 376 g/mol. The number of hydrogen-bond acceptors (Lipinski definition) is 3. The third kappa shape index (κ3) is 2.87. The zero-order valence-electron chi connectivity index (χ0n) is 12.2. The lowest BCUT2D eigenvalue weighted by Crippen LogP contribution is -2.09. The molecule has 0 bridgehead atoms. The third-order valence-electron chi connectivity index (χ3n) is 3.58. The van der Waals surface area contributed by atoms with Crippen molar-refractivity contribution in [1.29, 1.82) is 5.26 Å². The van der Waals surface area contributed by atoms with E-state index in [2.05, 4.69) is 32.2 Å². The molecule has 3 rings (SSSR count). The van der Waals surface area contributed by atoms with Crippen LogP contribution in [0.1, 0.15) is 5.56 Å². The molecule has 0 spiro atoms. The molecule has 1 aromatic carbocycles. The van der Waals surface area contributed by atoms with Crippen molar-refractivity contribution in [2.75, 3.05) is 18.5 Å². The summed E-state index contributed by atoms with van der Waals surface area (Å²) in [6.45, 7) is 1.45. The minimum atomic E-state index is -0.356. The van der Waals surface area contributed by atoms with E-state index in [0.29, 0.717) is 47.6 Å². The fraction of sp³-hybridized carbons (Fsp3) is 0.250. The molecule has 0 radical (unpaired) electrons. The summed E-state index contributed by atoms with van der Waals surface area (Å²) in [5, 5.41) is 17.7. The van der Waals surface area contributed by atoms with Crippen LogP contribution in [0.3, 0.4) is 0 Å². The average molecular weight is 377 g/mol. The van der Waals surface area contributed by atoms with Crippen molar-refractivity contribution in [1.82, 2.24) is 14.8 Å². The maximum atomic E-state index is 14.4. The number of hydrogen-bond donors (Lipinski definition) is 1. The lowest BCUT2D eigenvalue weighted by molar-refractivity contribution is 0.143. The predicted octanol–water partition coefficient (Wildman–Crippen LogP) is 3.45. The number of halogens is 2. The number of para-hydroxylation sites is 1. The molecule has 0 amide bonds. The lowest BCUT2D eigenvalue weighted by atomic mass is 10.1. The molecule has 23 heavy (non-hydrogen) atoms. The standard InChI is InChI=1S/C16H14BrFN4O/c17-5-8-23-9-7-22-15-11(2-1-3-13(15)18)12(10-19)16(22)14-4-6-20-21-14/h1-4,6H,5,7-9H2,(H,20,21).